The van der Waals surface area contributed by atoms with Crippen molar-refractivity contribution < 1.29 is 19.0 Å². The summed E-state index contributed by atoms with van der Waals surface area (Å²) in [6, 6.07) is 15.1. The number of rotatable bonds is 8. The molecule has 0 aromatic heterocycles. The molecule has 0 fully saturated rings. The maximum absolute atomic E-state index is 12.2. The predicted molar refractivity (Wildman–Crippen MR) is 103 cm³/mol. The number of benzene rings is 2. The number of carbonyl (C=O) groups excluding carboxylic acids is 1. The van der Waals surface area contributed by atoms with Gasteiger partial charge in [0.25, 0.3) is 5.91 Å². The second-order valence-corrected chi connectivity index (χ2v) is 6.09. The Labute approximate surface area is 163 Å². The normalized spacial score (nSPS) is 12.2. The zero-order valence-corrected chi connectivity index (χ0v) is 15.5. The molecule has 1 aliphatic rings. The summed E-state index contributed by atoms with van der Waals surface area (Å²) < 4.78 is 15.7. The molecule has 0 unspecified atom stereocenters. The molecule has 7 nitrogen and oxygen atoms in total. The quantitative estimate of drug-likeness (QED) is 0.540. The summed E-state index contributed by atoms with van der Waals surface area (Å²) in [6.07, 6.45) is 2.09. The van der Waals surface area contributed by atoms with Crippen LogP contribution in [-0.4, -0.2) is 26.4 Å². The molecule has 0 saturated carbocycles. The topological polar surface area (TPSA) is 92.6 Å². The van der Waals surface area contributed by atoms with Crippen LogP contribution in [0.3, 0.4) is 0 Å². The molecule has 2 N–H and O–H groups in total. The highest BCUT2D eigenvalue weighted by Gasteiger charge is 2.13. The summed E-state index contributed by atoms with van der Waals surface area (Å²) in [5.74, 6) is 1.79. The van der Waals surface area contributed by atoms with Crippen LogP contribution in [0.15, 0.2) is 54.2 Å². The molecular weight excluding hydrogens is 358 g/mol. The molecule has 3 rings (SSSR count). The van der Waals surface area contributed by atoms with Gasteiger partial charge in [0.15, 0.2) is 11.5 Å². The third kappa shape index (κ3) is 4.95. The molecule has 0 bridgehead atoms. The number of methoxy groups -OCH3 is 1. The molecule has 0 spiro atoms. The van der Waals surface area contributed by atoms with Crippen LogP contribution in [0.4, 0.5) is 0 Å². The molecule has 1 amide bonds. The van der Waals surface area contributed by atoms with E-state index >= 15 is 0 Å². The Morgan fingerprint density at radius 3 is 2.68 bits per heavy atom. The second kappa shape index (κ2) is 9.33. The molecule has 0 radical (unpaired) electrons. The second-order valence-electron chi connectivity index (χ2n) is 6.09. The summed E-state index contributed by atoms with van der Waals surface area (Å²) in [5.41, 5.74) is 2.05. The average Bonchev–Trinajstić information content (AvgIpc) is 3.19. The first kappa shape index (κ1) is 19.1. The SMILES string of the molecule is COc1ccc(CCNC(=O)/C(C#N)=C\NCc2ccc3c(c2)OCO3)cc1. The number of nitrogens with zero attached hydrogens (tertiary/aromatic N) is 1. The van der Waals surface area contributed by atoms with Crippen molar-refractivity contribution in [3.8, 4) is 23.3 Å². The Morgan fingerprint density at radius 2 is 1.93 bits per heavy atom. The van der Waals surface area contributed by atoms with Gasteiger partial charge in [-0.15, -0.1) is 0 Å². The van der Waals surface area contributed by atoms with Crippen LogP contribution in [0.5, 0.6) is 17.2 Å². The van der Waals surface area contributed by atoms with Gasteiger partial charge in [-0.1, -0.05) is 18.2 Å². The van der Waals surface area contributed by atoms with E-state index in [-0.39, 0.29) is 12.4 Å². The number of hydrogen-bond donors (Lipinski definition) is 2. The maximum Gasteiger partial charge on any atom is 0.263 e. The monoisotopic (exact) mass is 379 g/mol. The summed E-state index contributed by atoms with van der Waals surface area (Å²) in [5, 5.41) is 15.0. The number of amides is 1. The molecule has 7 heteroatoms. The van der Waals surface area contributed by atoms with Gasteiger partial charge in [0, 0.05) is 19.3 Å². The van der Waals surface area contributed by atoms with Crippen molar-refractivity contribution in [1.29, 1.82) is 5.26 Å². The zero-order valence-electron chi connectivity index (χ0n) is 15.5. The van der Waals surface area contributed by atoms with Gasteiger partial charge < -0.3 is 24.8 Å². The number of nitrogens with one attached hydrogen (secondary N) is 2. The lowest BCUT2D eigenvalue weighted by atomic mass is 10.1. The van der Waals surface area contributed by atoms with E-state index in [9.17, 15) is 10.1 Å². The molecular formula is C21H21N3O4. The van der Waals surface area contributed by atoms with Crippen molar-refractivity contribution in [2.75, 3.05) is 20.4 Å². The van der Waals surface area contributed by atoms with Crippen molar-refractivity contribution in [2.45, 2.75) is 13.0 Å². The van der Waals surface area contributed by atoms with E-state index in [0.29, 0.717) is 31.0 Å². The third-order valence-corrected chi connectivity index (χ3v) is 4.21. The number of fused-ring (bicyclic) bond motifs is 1. The van der Waals surface area contributed by atoms with Crippen LogP contribution in [0.1, 0.15) is 11.1 Å². The number of carbonyl (C=O) groups is 1. The fraction of sp³-hybridized carbons (Fsp3) is 0.238. The van der Waals surface area contributed by atoms with Gasteiger partial charge in [0.2, 0.25) is 6.79 Å². The summed E-state index contributed by atoms with van der Waals surface area (Å²) in [7, 11) is 1.62. The van der Waals surface area contributed by atoms with Crippen LogP contribution in [0.2, 0.25) is 0 Å². The zero-order chi connectivity index (χ0) is 19.8. The summed E-state index contributed by atoms with van der Waals surface area (Å²) >= 11 is 0. The fourth-order valence-corrected chi connectivity index (χ4v) is 2.68. The van der Waals surface area contributed by atoms with Gasteiger partial charge in [-0.05, 0) is 41.8 Å². The van der Waals surface area contributed by atoms with Crippen LogP contribution in [0, 0.1) is 11.3 Å². The maximum atomic E-state index is 12.2. The van der Waals surface area contributed by atoms with E-state index in [0.717, 1.165) is 16.9 Å². The van der Waals surface area contributed by atoms with Crippen LogP contribution in [-0.2, 0) is 17.8 Å². The van der Waals surface area contributed by atoms with Crippen molar-refractivity contribution in [3.05, 3.63) is 65.4 Å². The number of hydrogen-bond acceptors (Lipinski definition) is 6. The standard InChI is InChI=1S/C21H21N3O4/c1-26-18-5-2-15(3-6-18)8-9-24-21(25)17(11-22)13-23-12-16-4-7-19-20(10-16)28-14-27-19/h2-7,10,13,23H,8-9,12,14H2,1H3,(H,24,25)/b17-13-. The molecule has 2 aromatic carbocycles. The molecule has 2 aromatic rings. The minimum absolute atomic E-state index is 0.0236. The third-order valence-electron chi connectivity index (χ3n) is 4.21. The van der Waals surface area contributed by atoms with Gasteiger partial charge in [0.05, 0.1) is 7.11 Å². The highest BCUT2D eigenvalue weighted by Crippen LogP contribution is 2.32. The van der Waals surface area contributed by atoms with Crippen LogP contribution in [0.25, 0.3) is 0 Å². The van der Waals surface area contributed by atoms with Crippen LogP contribution < -0.4 is 24.8 Å². The van der Waals surface area contributed by atoms with E-state index in [4.69, 9.17) is 14.2 Å². The van der Waals surface area contributed by atoms with Crippen molar-refractivity contribution >= 4 is 5.91 Å². The first-order valence-electron chi connectivity index (χ1n) is 8.83. The van der Waals surface area contributed by atoms with Gasteiger partial charge in [-0.25, -0.2) is 0 Å². The minimum Gasteiger partial charge on any atom is -0.497 e. The molecule has 1 heterocycles. The lowest BCUT2D eigenvalue weighted by molar-refractivity contribution is -0.117. The molecule has 0 saturated heterocycles. The summed E-state index contributed by atoms with van der Waals surface area (Å²) in [6.45, 7) is 1.12. The first-order valence-corrected chi connectivity index (χ1v) is 8.83. The highest BCUT2D eigenvalue weighted by molar-refractivity contribution is 5.97. The first-order chi connectivity index (χ1) is 13.7. The fourth-order valence-electron chi connectivity index (χ4n) is 2.68. The molecule has 28 heavy (non-hydrogen) atoms. The Bertz CT molecular complexity index is 901. The van der Waals surface area contributed by atoms with Gasteiger partial charge in [0.1, 0.15) is 17.4 Å². The van der Waals surface area contributed by atoms with Crippen molar-refractivity contribution in [1.82, 2.24) is 10.6 Å². The predicted octanol–water partition coefficient (Wildman–Crippen LogP) is 2.28. The Balaban J connectivity index is 1.46. The summed E-state index contributed by atoms with van der Waals surface area (Å²) in [4.78, 5) is 12.2. The molecule has 1 aliphatic heterocycles. The van der Waals surface area contributed by atoms with E-state index in [1.165, 1.54) is 6.20 Å². The van der Waals surface area contributed by atoms with Gasteiger partial charge in [-0.2, -0.15) is 5.26 Å². The van der Waals surface area contributed by atoms with Crippen molar-refractivity contribution in [2.24, 2.45) is 0 Å². The molecule has 0 atom stereocenters. The highest BCUT2D eigenvalue weighted by atomic mass is 16.7. The number of nitriles is 1. The number of ether oxygens (including phenoxy) is 3. The van der Waals surface area contributed by atoms with E-state index in [1.54, 1.807) is 7.11 Å². The Hall–Kier alpha value is -3.66. The van der Waals surface area contributed by atoms with E-state index in [1.807, 2.05) is 48.5 Å². The van der Waals surface area contributed by atoms with Crippen LogP contribution >= 0.6 is 0 Å². The lowest BCUT2D eigenvalue weighted by Crippen LogP contribution is -2.27. The largest absolute Gasteiger partial charge is 0.497 e. The minimum atomic E-state index is -0.408. The van der Waals surface area contributed by atoms with Gasteiger partial charge >= 0.3 is 0 Å². The Kier molecular flexibility index (Phi) is 6.37. The van der Waals surface area contributed by atoms with Gasteiger partial charge in [-0.3, -0.25) is 4.79 Å². The average molecular weight is 379 g/mol. The van der Waals surface area contributed by atoms with E-state index < -0.39 is 5.91 Å². The Morgan fingerprint density at radius 1 is 1.18 bits per heavy atom. The lowest BCUT2D eigenvalue weighted by Gasteiger charge is -2.07. The van der Waals surface area contributed by atoms with E-state index in [2.05, 4.69) is 10.6 Å². The molecule has 0 aliphatic carbocycles. The molecule has 144 valence electrons. The van der Waals surface area contributed by atoms with Crippen molar-refractivity contribution in [3.63, 3.8) is 0 Å². The smallest absolute Gasteiger partial charge is 0.263 e.